The Morgan fingerprint density at radius 1 is 1.56 bits per heavy atom. The average Bonchev–Trinajstić information content (AvgIpc) is 2.86. The van der Waals surface area contributed by atoms with Crippen molar-refractivity contribution in [3.8, 4) is 0 Å². The number of pyridine rings is 1. The van der Waals surface area contributed by atoms with Gasteiger partial charge in [-0.25, -0.2) is 4.98 Å². The Bertz CT molecular complexity index is 529. The molecular weight excluding hydrogens is 224 g/mol. The molecular formula is C12H13ClN2O. The van der Waals surface area contributed by atoms with Gasteiger partial charge in [0.2, 0.25) is 0 Å². The van der Waals surface area contributed by atoms with Gasteiger partial charge in [0.1, 0.15) is 5.82 Å². The third-order valence-electron chi connectivity index (χ3n) is 3.15. The Morgan fingerprint density at radius 3 is 3.19 bits per heavy atom. The normalized spacial score (nSPS) is 20.8. The molecule has 0 bridgehead atoms. The smallest absolute Gasteiger partial charge is 0.155 e. The summed E-state index contributed by atoms with van der Waals surface area (Å²) in [5, 5.41) is 0.597. The van der Waals surface area contributed by atoms with E-state index in [2.05, 4.69) is 22.4 Å². The number of nitrogens with zero attached hydrogens (tertiary/aromatic N) is 2. The van der Waals surface area contributed by atoms with Crippen LogP contribution in [0.1, 0.15) is 23.7 Å². The lowest BCUT2D eigenvalue weighted by molar-refractivity contribution is 0.193. The van der Waals surface area contributed by atoms with E-state index in [1.807, 2.05) is 12.3 Å². The molecule has 0 radical (unpaired) electrons. The number of fused-ring (bicyclic) bond motifs is 1. The molecule has 2 aromatic heterocycles. The first-order valence-electron chi connectivity index (χ1n) is 5.48. The fourth-order valence-electron chi connectivity index (χ4n) is 2.30. The molecule has 3 nitrogen and oxygen atoms in total. The van der Waals surface area contributed by atoms with Crippen molar-refractivity contribution >= 4 is 17.1 Å². The maximum Gasteiger partial charge on any atom is 0.155 e. The van der Waals surface area contributed by atoms with E-state index in [1.165, 1.54) is 0 Å². The molecule has 1 saturated heterocycles. The molecule has 1 atom stereocenters. The highest BCUT2D eigenvalue weighted by molar-refractivity contribution is 6.32. The van der Waals surface area contributed by atoms with Gasteiger partial charge in [-0.05, 0) is 25.0 Å². The molecule has 1 unspecified atom stereocenters. The maximum atomic E-state index is 6.19. The number of imidazole rings is 1. The van der Waals surface area contributed by atoms with Crippen molar-refractivity contribution in [1.82, 2.24) is 9.38 Å². The Morgan fingerprint density at radius 2 is 2.44 bits per heavy atom. The van der Waals surface area contributed by atoms with Crippen molar-refractivity contribution in [3.63, 3.8) is 0 Å². The number of halogens is 1. The van der Waals surface area contributed by atoms with E-state index in [-0.39, 0.29) is 0 Å². The van der Waals surface area contributed by atoms with Gasteiger partial charge in [0.25, 0.3) is 0 Å². The minimum atomic E-state index is 0.377. The lowest BCUT2D eigenvalue weighted by Crippen LogP contribution is -2.03. The standard InChI is InChI=1S/C12H13ClN2O/c1-8-3-2-5-15-10(8)11(13)14-12(15)9-4-6-16-7-9/h2-3,5,9H,4,6-7H2,1H3. The van der Waals surface area contributed by atoms with Crippen LogP contribution >= 0.6 is 11.6 Å². The number of hydrogen-bond donors (Lipinski definition) is 0. The zero-order valence-electron chi connectivity index (χ0n) is 9.11. The molecule has 2 aromatic rings. The second-order valence-electron chi connectivity index (χ2n) is 4.23. The van der Waals surface area contributed by atoms with Crippen molar-refractivity contribution in [2.24, 2.45) is 0 Å². The zero-order valence-corrected chi connectivity index (χ0v) is 9.87. The first-order chi connectivity index (χ1) is 7.77. The molecule has 1 fully saturated rings. The van der Waals surface area contributed by atoms with Crippen molar-refractivity contribution in [1.29, 1.82) is 0 Å². The molecule has 0 aromatic carbocycles. The Labute approximate surface area is 99.0 Å². The van der Waals surface area contributed by atoms with Gasteiger partial charge in [-0.1, -0.05) is 17.7 Å². The minimum Gasteiger partial charge on any atom is -0.381 e. The molecule has 84 valence electrons. The van der Waals surface area contributed by atoms with Crippen molar-refractivity contribution in [2.45, 2.75) is 19.3 Å². The van der Waals surface area contributed by atoms with E-state index < -0.39 is 0 Å². The van der Waals surface area contributed by atoms with Crippen LogP contribution in [-0.4, -0.2) is 22.6 Å². The number of ether oxygens (including phenoxy) is 1. The third kappa shape index (κ3) is 1.43. The van der Waals surface area contributed by atoms with Crippen LogP contribution in [0.5, 0.6) is 0 Å². The quantitative estimate of drug-likeness (QED) is 0.761. The number of rotatable bonds is 1. The van der Waals surface area contributed by atoms with E-state index in [4.69, 9.17) is 16.3 Å². The van der Waals surface area contributed by atoms with E-state index >= 15 is 0 Å². The second-order valence-corrected chi connectivity index (χ2v) is 4.59. The predicted octanol–water partition coefficient (Wildman–Crippen LogP) is 2.80. The maximum absolute atomic E-state index is 6.19. The largest absolute Gasteiger partial charge is 0.381 e. The van der Waals surface area contributed by atoms with Crippen LogP contribution in [-0.2, 0) is 4.74 Å². The first kappa shape index (κ1) is 10.1. The van der Waals surface area contributed by atoms with Crippen LogP contribution in [0.3, 0.4) is 0 Å². The number of aromatic nitrogens is 2. The van der Waals surface area contributed by atoms with E-state index in [0.29, 0.717) is 11.1 Å². The fourth-order valence-corrected chi connectivity index (χ4v) is 2.63. The van der Waals surface area contributed by atoms with Crippen molar-refractivity contribution in [3.05, 3.63) is 34.9 Å². The van der Waals surface area contributed by atoms with Gasteiger partial charge in [0.05, 0.1) is 12.1 Å². The van der Waals surface area contributed by atoms with Gasteiger partial charge in [-0.15, -0.1) is 0 Å². The van der Waals surface area contributed by atoms with Crippen LogP contribution in [0, 0.1) is 6.92 Å². The van der Waals surface area contributed by atoms with Crippen LogP contribution in [0.4, 0.5) is 0 Å². The first-order valence-corrected chi connectivity index (χ1v) is 5.86. The van der Waals surface area contributed by atoms with Crippen LogP contribution in [0.2, 0.25) is 5.15 Å². The Balaban J connectivity index is 2.22. The summed E-state index contributed by atoms with van der Waals surface area (Å²) in [6.45, 7) is 3.63. The molecule has 0 spiro atoms. The molecule has 0 saturated carbocycles. The van der Waals surface area contributed by atoms with Gasteiger partial charge in [-0.2, -0.15) is 0 Å². The Hall–Kier alpha value is -1.06. The third-order valence-corrected chi connectivity index (χ3v) is 3.41. The fraction of sp³-hybridized carbons (Fsp3) is 0.417. The highest BCUT2D eigenvalue weighted by atomic mass is 35.5. The minimum absolute atomic E-state index is 0.377. The SMILES string of the molecule is Cc1cccn2c(C3CCOC3)nc(Cl)c12. The molecule has 4 heteroatoms. The molecule has 3 rings (SSSR count). The van der Waals surface area contributed by atoms with Gasteiger partial charge < -0.3 is 9.14 Å². The molecule has 0 N–H and O–H groups in total. The van der Waals surface area contributed by atoms with Crippen LogP contribution < -0.4 is 0 Å². The summed E-state index contributed by atoms with van der Waals surface area (Å²) in [6.07, 6.45) is 3.05. The van der Waals surface area contributed by atoms with Gasteiger partial charge in [0.15, 0.2) is 5.15 Å². The summed E-state index contributed by atoms with van der Waals surface area (Å²) in [5.74, 6) is 1.41. The van der Waals surface area contributed by atoms with Crippen molar-refractivity contribution in [2.75, 3.05) is 13.2 Å². The predicted molar refractivity (Wildman–Crippen MR) is 63.1 cm³/mol. The summed E-state index contributed by atoms with van der Waals surface area (Å²) >= 11 is 6.19. The van der Waals surface area contributed by atoms with Gasteiger partial charge in [-0.3, -0.25) is 0 Å². The van der Waals surface area contributed by atoms with Crippen LogP contribution in [0.25, 0.3) is 5.52 Å². The molecule has 1 aliphatic heterocycles. The molecule has 0 amide bonds. The molecule has 0 aliphatic carbocycles. The zero-order chi connectivity index (χ0) is 11.1. The summed E-state index contributed by atoms with van der Waals surface area (Å²) < 4.78 is 7.50. The van der Waals surface area contributed by atoms with E-state index in [0.717, 1.165) is 36.5 Å². The second kappa shape index (κ2) is 3.75. The summed E-state index contributed by atoms with van der Waals surface area (Å²) in [5.41, 5.74) is 2.18. The monoisotopic (exact) mass is 236 g/mol. The topological polar surface area (TPSA) is 26.5 Å². The lowest BCUT2D eigenvalue weighted by atomic mass is 10.1. The van der Waals surface area contributed by atoms with Gasteiger partial charge in [0, 0.05) is 18.7 Å². The summed E-state index contributed by atoms with van der Waals surface area (Å²) in [6, 6.07) is 4.08. The van der Waals surface area contributed by atoms with E-state index in [1.54, 1.807) is 0 Å². The summed E-state index contributed by atoms with van der Waals surface area (Å²) in [7, 11) is 0. The highest BCUT2D eigenvalue weighted by Gasteiger charge is 2.23. The number of aryl methyl sites for hydroxylation is 1. The number of hydrogen-bond acceptors (Lipinski definition) is 2. The highest BCUT2D eigenvalue weighted by Crippen LogP contribution is 2.29. The summed E-state index contributed by atoms with van der Waals surface area (Å²) in [4.78, 5) is 4.48. The van der Waals surface area contributed by atoms with Gasteiger partial charge >= 0.3 is 0 Å². The van der Waals surface area contributed by atoms with E-state index in [9.17, 15) is 0 Å². The molecule has 3 heterocycles. The van der Waals surface area contributed by atoms with Crippen molar-refractivity contribution < 1.29 is 4.74 Å². The lowest BCUT2D eigenvalue weighted by Gasteiger charge is -2.06. The average molecular weight is 237 g/mol. The Kier molecular flexibility index (Phi) is 2.37. The van der Waals surface area contributed by atoms with Crippen LogP contribution in [0.15, 0.2) is 18.3 Å². The molecule has 16 heavy (non-hydrogen) atoms. The molecule has 1 aliphatic rings.